The first kappa shape index (κ1) is 22.9. The van der Waals surface area contributed by atoms with E-state index < -0.39 is 17.8 Å². The zero-order chi connectivity index (χ0) is 21.9. The van der Waals surface area contributed by atoms with Crippen molar-refractivity contribution in [3.8, 4) is 11.5 Å². The molecule has 0 spiro atoms. The van der Waals surface area contributed by atoms with Crippen LogP contribution in [-0.2, 0) is 23.9 Å². The molecule has 0 bridgehead atoms. The molecule has 160 valence electrons. The van der Waals surface area contributed by atoms with E-state index >= 15 is 0 Å². The number of hydrogen-bond acceptors (Lipinski definition) is 10. The quantitative estimate of drug-likeness (QED) is 0.269. The number of hydrogen-bond donors (Lipinski definition) is 1. The molecular formula is C19H21N3O7S. The predicted molar refractivity (Wildman–Crippen MR) is 111 cm³/mol. The Hall–Kier alpha value is -3.34. The number of esters is 2. The largest absolute Gasteiger partial charge is 0.490 e. The van der Waals surface area contributed by atoms with Crippen molar-refractivity contribution >= 4 is 41.0 Å². The maximum absolute atomic E-state index is 11.8. The summed E-state index contributed by atoms with van der Waals surface area (Å²) in [4.78, 5) is 34.6. The van der Waals surface area contributed by atoms with Gasteiger partial charge in [0.15, 0.2) is 23.3 Å². The molecule has 1 saturated heterocycles. The highest BCUT2D eigenvalue weighted by Gasteiger charge is 2.25. The Bertz CT molecular complexity index is 896. The van der Waals surface area contributed by atoms with Crippen LogP contribution in [0.3, 0.4) is 0 Å². The first-order valence-corrected chi connectivity index (χ1v) is 9.73. The molecule has 1 amide bonds. The first-order chi connectivity index (χ1) is 14.5. The normalized spacial score (nSPS) is 16.0. The van der Waals surface area contributed by atoms with Crippen LogP contribution < -0.4 is 14.8 Å². The third-order valence-electron chi connectivity index (χ3n) is 3.37. The Morgan fingerprint density at radius 3 is 2.67 bits per heavy atom. The molecule has 1 aliphatic heterocycles. The second-order valence-corrected chi connectivity index (χ2v) is 6.50. The molecule has 0 aromatic heterocycles. The van der Waals surface area contributed by atoms with E-state index in [9.17, 15) is 14.4 Å². The Morgan fingerprint density at radius 2 is 1.97 bits per heavy atom. The SMILES string of the molecule is CCOC(=O)COc1ccc(C=N/N=C2/NC(=O)/C(=C\C(=O)OC)S2)cc1OCC. The van der Waals surface area contributed by atoms with Gasteiger partial charge in [0.2, 0.25) is 0 Å². The second-order valence-electron chi connectivity index (χ2n) is 5.47. The highest BCUT2D eigenvalue weighted by molar-refractivity contribution is 8.18. The van der Waals surface area contributed by atoms with Gasteiger partial charge in [-0.25, -0.2) is 9.59 Å². The summed E-state index contributed by atoms with van der Waals surface area (Å²) >= 11 is 0.972. The minimum absolute atomic E-state index is 0.164. The standard InChI is InChI=1S/C19H21N3O7S/c1-4-27-14-8-12(6-7-13(14)29-11-17(24)28-5-2)10-20-22-19-21-18(25)15(30-19)9-16(23)26-3/h6-10H,4-5,11H2,1-3H3,(H,21,22,25)/b15-9+,20-10?. The maximum atomic E-state index is 11.8. The summed E-state index contributed by atoms with van der Waals surface area (Å²) in [5.41, 5.74) is 0.658. The zero-order valence-corrected chi connectivity index (χ0v) is 17.5. The van der Waals surface area contributed by atoms with E-state index in [1.807, 2.05) is 6.92 Å². The van der Waals surface area contributed by atoms with Crippen LogP contribution in [-0.4, -0.2) is 56.2 Å². The lowest BCUT2D eigenvalue weighted by Gasteiger charge is -2.12. The Labute approximate surface area is 177 Å². The lowest BCUT2D eigenvalue weighted by molar-refractivity contribution is -0.145. The van der Waals surface area contributed by atoms with Gasteiger partial charge in [0, 0.05) is 6.08 Å². The van der Waals surface area contributed by atoms with Gasteiger partial charge in [-0.15, -0.1) is 5.10 Å². The van der Waals surface area contributed by atoms with Crippen LogP contribution in [0.2, 0.25) is 0 Å². The van der Waals surface area contributed by atoms with Gasteiger partial charge in [0.1, 0.15) is 0 Å². The average Bonchev–Trinajstić information content (AvgIpc) is 3.06. The lowest BCUT2D eigenvalue weighted by atomic mass is 10.2. The van der Waals surface area contributed by atoms with E-state index in [1.54, 1.807) is 25.1 Å². The van der Waals surface area contributed by atoms with Gasteiger partial charge in [-0.3, -0.25) is 10.1 Å². The van der Waals surface area contributed by atoms with E-state index in [0.717, 1.165) is 17.8 Å². The molecule has 11 heteroatoms. The topological polar surface area (TPSA) is 125 Å². The number of thioether (sulfide) groups is 1. The molecule has 2 rings (SSSR count). The zero-order valence-electron chi connectivity index (χ0n) is 16.7. The molecule has 1 heterocycles. The monoisotopic (exact) mass is 435 g/mol. The molecule has 0 atom stereocenters. The molecule has 0 unspecified atom stereocenters. The molecule has 1 fully saturated rings. The van der Waals surface area contributed by atoms with Crippen molar-refractivity contribution in [1.82, 2.24) is 5.32 Å². The van der Waals surface area contributed by atoms with E-state index in [4.69, 9.17) is 14.2 Å². The number of amides is 1. The van der Waals surface area contributed by atoms with Gasteiger partial charge in [-0.05, 0) is 49.4 Å². The molecule has 1 aliphatic rings. The fourth-order valence-corrected chi connectivity index (χ4v) is 2.86. The smallest absolute Gasteiger partial charge is 0.344 e. The molecule has 0 saturated carbocycles. The number of amidine groups is 1. The molecular weight excluding hydrogens is 414 g/mol. The minimum Gasteiger partial charge on any atom is -0.490 e. The van der Waals surface area contributed by atoms with Crippen molar-refractivity contribution in [3.63, 3.8) is 0 Å². The van der Waals surface area contributed by atoms with Crippen LogP contribution in [0.25, 0.3) is 0 Å². The summed E-state index contributed by atoms with van der Waals surface area (Å²) in [6, 6.07) is 5.02. The predicted octanol–water partition coefficient (Wildman–Crippen LogP) is 1.64. The first-order valence-electron chi connectivity index (χ1n) is 8.92. The number of ether oxygens (including phenoxy) is 4. The van der Waals surface area contributed by atoms with Gasteiger partial charge >= 0.3 is 11.9 Å². The second kappa shape index (κ2) is 11.6. The van der Waals surface area contributed by atoms with Crippen molar-refractivity contribution in [2.45, 2.75) is 13.8 Å². The van der Waals surface area contributed by atoms with Crippen molar-refractivity contribution < 1.29 is 33.3 Å². The highest BCUT2D eigenvalue weighted by atomic mass is 32.2. The fraction of sp³-hybridized carbons (Fsp3) is 0.316. The molecule has 1 aromatic carbocycles. The highest BCUT2D eigenvalue weighted by Crippen LogP contribution is 2.28. The number of carbonyl (C=O) groups is 3. The molecule has 1 N–H and O–H groups in total. The summed E-state index contributed by atoms with van der Waals surface area (Å²) < 4.78 is 20.3. The Kier molecular flexibility index (Phi) is 8.88. The molecule has 0 radical (unpaired) electrons. The van der Waals surface area contributed by atoms with Crippen LogP contribution in [0.5, 0.6) is 11.5 Å². The number of benzene rings is 1. The molecule has 1 aromatic rings. The number of nitrogens with zero attached hydrogens (tertiary/aromatic N) is 2. The van der Waals surface area contributed by atoms with Gasteiger partial charge in [-0.2, -0.15) is 5.10 Å². The Balaban J connectivity index is 2.06. The minimum atomic E-state index is -0.633. The van der Waals surface area contributed by atoms with Crippen molar-refractivity contribution in [3.05, 3.63) is 34.7 Å². The van der Waals surface area contributed by atoms with Crippen LogP contribution in [0, 0.1) is 0 Å². The Morgan fingerprint density at radius 1 is 1.17 bits per heavy atom. The van der Waals surface area contributed by atoms with Crippen LogP contribution in [0.1, 0.15) is 19.4 Å². The summed E-state index contributed by atoms with van der Waals surface area (Å²) in [5.74, 6) is -0.736. The summed E-state index contributed by atoms with van der Waals surface area (Å²) in [7, 11) is 1.22. The van der Waals surface area contributed by atoms with Crippen LogP contribution >= 0.6 is 11.8 Å². The van der Waals surface area contributed by atoms with Crippen LogP contribution in [0.4, 0.5) is 0 Å². The van der Waals surface area contributed by atoms with Crippen LogP contribution in [0.15, 0.2) is 39.4 Å². The third kappa shape index (κ3) is 6.92. The van der Waals surface area contributed by atoms with Crippen molar-refractivity contribution in [2.24, 2.45) is 10.2 Å². The number of nitrogens with one attached hydrogen (secondary N) is 1. The lowest BCUT2D eigenvalue weighted by Crippen LogP contribution is -2.19. The average molecular weight is 435 g/mol. The van der Waals surface area contributed by atoms with E-state index in [-0.39, 0.29) is 23.3 Å². The van der Waals surface area contributed by atoms with E-state index in [2.05, 4.69) is 20.3 Å². The van der Waals surface area contributed by atoms with E-state index in [1.165, 1.54) is 13.3 Å². The number of rotatable bonds is 9. The van der Waals surface area contributed by atoms with Gasteiger partial charge < -0.3 is 18.9 Å². The van der Waals surface area contributed by atoms with E-state index in [0.29, 0.717) is 23.7 Å². The van der Waals surface area contributed by atoms with Gasteiger partial charge in [0.05, 0.1) is 31.4 Å². The van der Waals surface area contributed by atoms with Crippen molar-refractivity contribution in [2.75, 3.05) is 26.9 Å². The maximum Gasteiger partial charge on any atom is 0.344 e. The van der Waals surface area contributed by atoms with Crippen molar-refractivity contribution in [1.29, 1.82) is 0 Å². The third-order valence-corrected chi connectivity index (χ3v) is 4.28. The molecule has 0 aliphatic carbocycles. The van der Waals surface area contributed by atoms with Gasteiger partial charge in [-0.1, -0.05) is 0 Å². The summed E-state index contributed by atoms with van der Waals surface area (Å²) in [5, 5.41) is 10.6. The summed E-state index contributed by atoms with van der Waals surface area (Å²) in [6.45, 7) is 3.98. The number of methoxy groups -OCH3 is 1. The van der Waals surface area contributed by atoms with Gasteiger partial charge in [0.25, 0.3) is 5.91 Å². The number of carbonyl (C=O) groups excluding carboxylic acids is 3. The fourth-order valence-electron chi connectivity index (χ4n) is 2.12. The molecule has 30 heavy (non-hydrogen) atoms. The summed E-state index contributed by atoms with van der Waals surface area (Å²) in [6.07, 6.45) is 2.54. The molecule has 10 nitrogen and oxygen atoms in total.